The third-order valence-electron chi connectivity index (χ3n) is 2.74. The fraction of sp³-hybridized carbons (Fsp3) is 0.417. The third kappa shape index (κ3) is 2.57. The van der Waals surface area contributed by atoms with Crippen LogP contribution in [0.5, 0.6) is 0 Å². The monoisotopic (exact) mass is 237 g/mol. The average Bonchev–Trinajstić information content (AvgIpc) is 2.58. The highest BCUT2D eigenvalue weighted by molar-refractivity contribution is 7.81. The minimum atomic E-state index is 0.0387. The molecule has 1 fully saturated rings. The second-order valence-corrected chi connectivity index (χ2v) is 4.84. The van der Waals surface area contributed by atoms with Crippen LogP contribution in [-0.2, 0) is 17.9 Å². The van der Waals surface area contributed by atoms with Crippen molar-refractivity contribution in [2.24, 2.45) is 0 Å². The van der Waals surface area contributed by atoms with E-state index in [1.54, 1.807) is 0 Å². The van der Waals surface area contributed by atoms with E-state index in [1.807, 2.05) is 29.2 Å². The predicted molar refractivity (Wildman–Crippen MR) is 65.2 cm³/mol. The second kappa shape index (κ2) is 4.89. The molecule has 1 aliphatic rings. The van der Waals surface area contributed by atoms with E-state index in [0.717, 1.165) is 11.1 Å². The van der Waals surface area contributed by atoms with Gasteiger partial charge in [-0.25, -0.2) is 0 Å². The van der Waals surface area contributed by atoms with Crippen LogP contribution in [0, 0.1) is 0 Å². The molecular formula is C12H15NO2S. The number of hydrogen-bond acceptors (Lipinski definition) is 3. The lowest BCUT2D eigenvalue weighted by molar-refractivity contribution is -0.128. The lowest BCUT2D eigenvalue weighted by atomic mass is 10.1. The summed E-state index contributed by atoms with van der Waals surface area (Å²) in [5.41, 5.74) is 1.94. The van der Waals surface area contributed by atoms with Gasteiger partial charge in [0.1, 0.15) is 0 Å². The summed E-state index contributed by atoms with van der Waals surface area (Å²) in [4.78, 5) is 13.4. The number of aliphatic hydroxyl groups is 1. The largest absolute Gasteiger partial charge is 0.392 e. The molecule has 16 heavy (non-hydrogen) atoms. The summed E-state index contributed by atoms with van der Waals surface area (Å²) in [6.45, 7) is 1.37. The van der Waals surface area contributed by atoms with Crippen molar-refractivity contribution in [2.45, 2.75) is 24.8 Å². The molecule has 86 valence electrons. The van der Waals surface area contributed by atoms with Gasteiger partial charge in [0.05, 0.1) is 6.61 Å². The predicted octanol–water partition coefficient (Wildman–Crippen LogP) is 1.21. The first kappa shape index (κ1) is 11.5. The standard InChI is InChI=1S/C12H15NO2S/c14-8-10-3-1-2-9(4-10)6-13-7-11(16)5-12(13)15/h1-4,11,14,16H,5-8H2. The number of aliphatic hydroxyl groups excluding tert-OH is 1. The van der Waals surface area contributed by atoms with Gasteiger partial charge in [-0.1, -0.05) is 24.3 Å². The number of carbonyl (C=O) groups is 1. The Morgan fingerprint density at radius 2 is 2.19 bits per heavy atom. The number of hydrogen-bond donors (Lipinski definition) is 2. The number of amides is 1. The maximum atomic E-state index is 11.6. The van der Waals surface area contributed by atoms with Crippen molar-refractivity contribution in [1.82, 2.24) is 4.90 Å². The molecule has 1 atom stereocenters. The van der Waals surface area contributed by atoms with Crippen LogP contribution in [0.3, 0.4) is 0 Å². The van der Waals surface area contributed by atoms with Gasteiger partial charge in [0.15, 0.2) is 0 Å². The summed E-state index contributed by atoms with van der Waals surface area (Å²) < 4.78 is 0. The zero-order chi connectivity index (χ0) is 11.5. The van der Waals surface area contributed by atoms with E-state index in [1.165, 1.54) is 0 Å². The van der Waals surface area contributed by atoms with Crippen LogP contribution in [0.4, 0.5) is 0 Å². The number of benzene rings is 1. The number of rotatable bonds is 3. The van der Waals surface area contributed by atoms with Gasteiger partial charge in [0, 0.05) is 24.8 Å². The topological polar surface area (TPSA) is 40.5 Å². The lowest BCUT2D eigenvalue weighted by Gasteiger charge is -2.16. The number of carbonyl (C=O) groups excluding carboxylic acids is 1. The van der Waals surface area contributed by atoms with Crippen LogP contribution >= 0.6 is 12.6 Å². The van der Waals surface area contributed by atoms with Crippen molar-refractivity contribution in [3.8, 4) is 0 Å². The highest BCUT2D eigenvalue weighted by Gasteiger charge is 2.26. The molecule has 0 bridgehead atoms. The molecule has 1 unspecified atom stereocenters. The summed E-state index contributed by atoms with van der Waals surface area (Å²) in [5.74, 6) is 0.161. The van der Waals surface area contributed by atoms with E-state index < -0.39 is 0 Å². The van der Waals surface area contributed by atoms with E-state index in [0.29, 0.717) is 19.5 Å². The molecule has 0 radical (unpaired) electrons. The van der Waals surface area contributed by atoms with Crippen LogP contribution in [0.15, 0.2) is 24.3 Å². The van der Waals surface area contributed by atoms with Crippen LogP contribution in [-0.4, -0.2) is 27.7 Å². The van der Waals surface area contributed by atoms with Gasteiger partial charge >= 0.3 is 0 Å². The number of thiol groups is 1. The third-order valence-corrected chi connectivity index (χ3v) is 3.09. The van der Waals surface area contributed by atoms with Gasteiger partial charge in [0.25, 0.3) is 0 Å². The Bertz CT molecular complexity index is 394. The zero-order valence-corrected chi connectivity index (χ0v) is 9.86. The molecule has 1 saturated heterocycles. The number of nitrogens with zero attached hydrogens (tertiary/aromatic N) is 1. The number of likely N-dealkylation sites (tertiary alicyclic amines) is 1. The molecule has 4 heteroatoms. The van der Waals surface area contributed by atoms with Crippen molar-refractivity contribution in [3.05, 3.63) is 35.4 Å². The fourth-order valence-corrected chi connectivity index (χ4v) is 2.30. The van der Waals surface area contributed by atoms with Gasteiger partial charge < -0.3 is 10.0 Å². The average molecular weight is 237 g/mol. The Morgan fingerprint density at radius 3 is 2.81 bits per heavy atom. The minimum Gasteiger partial charge on any atom is -0.392 e. The molecule has 0 aromatic heterocycles. The van der Waals surface area contributed by atoms with E-state index in [9.17, 15) is 4.79 Å². The van der Waals surface area contributed by atoms with Gasteiger partial charge in [0.2, 0.25) is 5.91 Å². The summed E-state index contributed by atoms with van der Waals surface area (Å²) >= 11 is 4.31. The van der Waals surface area contributed by atoms with Crippen LogP contribution < -0.4 is 0 Å². The molecule has 3 nitrogen and oxygen atoms in total. The van der Waals surface area contributed by atoms with Crippen molar-refractivity contribution in [3.63, 3.8) is 0 Å². The fourth-order valence-electron chi connectivity index (χ4n) is 1.95. The Balaban J connectivity index is 2.06. The van der Waals surface area contributed by atoms with E-state index in [2.05, 4.69) is 12.6 Å². The Hall–Kier alpha value is -1.00. The summed E-state index contributed by atoms with van der Waals surface area (Å²) in [6.07, 6.45) is 0.531. The lowest BCUT2D eigenvalue weighted by Crippen LogP contribution is -2.24. The summed E-state index contributed by atoms with van der Waals surface area (Å²) in [5, 5.41) is 9.18. The molecular weight excluding hydrogens is 222 g/mol. The molecule has 1 aromatic rings. The molecule has 1 aromatic carbocycles. The van der Waals surface area contributed by atoms with E-state index in [4.69, 9.17) is 5.11 Å². The molecule has 0 spiro atoms. The Labute approximate surface area is 100 Å². The van der Waals surface area contributed by atoms with Gasteiger partial charge in [-0.15, -0.1) is 0 Å². The zero-order valence-electron chi connectivity index (χ0n) is 8.97. The SMILES string of the molecule is O=C1CC(S)CN1Cc1cccc(CO)c1. The summed E-state index contributed by atoms with van der Waals surface area (Å²) in [6, 6.07) is 7.67. The van der Waals surface area contributed by atoms with Gasteiger partial charge in [-0.05, 0) is 11.1 Å². The quantitative estimate of drug-likeness (QED) is 0.776. The first-order valence-electron chi connectivity index (χ1n) is 5.33. The smallest absolute Gasteiger partial charge is 0.224 e. The molecule has 2 rings (SSSR count). The summed E-state index contributed by atoms with van der Waals surface area (Å²) in [7, 11) is 0. The van der Waals surface area contributed by atoms with Crippen molar-refractivity contribution in [1.29, 1.82) is 0 Å². The normalized spacial score (nSPS) is 20.5. The van der Waals surface area contributed by atoms with Crippen molar-refractivity contribution < 1.29 is 9.90 Å². The molecule has 1 amide bonds. The molecule has 1 heterocycles. The van der Waals surface area contributed by atoms with Gasteiger partial charge in [-0.2, -0.15) is 12.6 Å². The van der Waals surface area contributed by atoms with Crippen molar-refractivity contribution in [2.75, 3.05) is 6.54 Å². The second-order valence-electron chi connectivity index (χ2n) is 4.11. The molecule has 0 aliphatic carbocycles. The minimum absolute atomic E-state index is 0.0387. The Morgan fingerprint density at radius 1 is 1.44 bits per heavy atom. The van der Waals surface area contributed by atoms with E-state index >= 15 is 0 Å². The first-order valence-corrected chi connectivity index (χ1v) is 5.85. The van der Waals surface area contributed by atoms with E-state index in [-0.39, 0.29) is 17.8 Å². The Kier molecular flexibility index (Phi) is 3.51. The highest BCUT2D eigenvalue weighted by atomic mass is 32.1. The van der Waals surface area contributed by atoms with Crippen molar-refractivity contribution >= 4 is 18.5 Å². The van der Waals surface area contributed by atoms with Crippen LogP contribution in [0.1, 0.15) is 17.5 Å². The van der Waals surface area contributed by atoms with Crippen LogP contribution in [0.2, 0.25) is 0 Å². The molecule has 0 saturated carbocycles. The van der Waals surface area contributed by atoms with Crippen LogP contribution in [0.25, 0.3) is 0 Å². The maximum absolute atomic E-state index is 11.6. The molecule has 1 aliphatic heterocycles. The molecule has 1 N–H and O–H groups in total. The first-order chi connectivity index (χ1) is 7.69. The maximum Gasteiger partial charge on any atom is 0.224 e. The van der Waals surface area contributed by atoms with Gasteiger partial charge in [-0.3, -0.25) is 4.79 Å². The highest BCUT2D eigenvalue weighted by Crippen LogP contribution is 2.19.